The Kier molecular flexibility index (Phi) is 41.8. The molecule has 0 heterocycles. The van der Waals surface area contributed by atoms with Crippen LogP contribution in [0.15, 0.2) is 0 Å². The Bertz CT molecular complexity index is 854. The molecule has 0 aromatic heterocycles. The van der Waals surface area contributed by atoms with Crippen LogP contribution < -0.4 is 0 Å². The molecule has 0 aliphatic heterocycles. The monoisotopic (exact) mass is 793 g/mol. The quantitative estimate of drug-likeness (QED) is 0.0347. The number of rotatable bonds is 44. The predicted molar refractivity (Wildman–Crippen MR) is 238 cm³/mol. The molecule has 0 saturated heterocycles. The minimum absolute atomic E-state index is 0.0644. The zero-order chi connectivity index (χ0) is 41.2. The molecule has 0 unspecified atom stereocenters. The van der Waals surface area contributed by atoms with Gasteiger partial charge in [-0.25, -0.2) is 0 Å². The van der Waals surface area contributed by atoms with Crippen LogP contribution in [0.25, 0.3) is 0 Å². The summed E-state index contributed by atoms with van der Waals surface area (Å²) in [4.78, 5) is 37.8. The first-order valence-electron chi connectivity index (χ1n) is 24.7. The minimum Gasteiger partial charge on any atom is -0.462 e. The molecular formula is C50H96O6. The van der Waals surface area contributed by atoms with E-state index in [-0.39, 0.29) is 31.1 Å². The average Bonchev–Trinajstić information content (AvgIpc) is 3.16. The van der Waals surface area contributed by atoms with E-state index in [1.807, 2.05) is 0 Å². The SMILES string of the molecule is CCCCCCCCCCCCCCCC(=O)O[C@H](COC(=O)CCCCCCCCCCCCC(C)C)COC(=O)CCCCCCCCCCCC(C)C. The smallest absolute Gasteiger partial charge is 0.306 e. The standard InChI is InChI=1S/C50H96O6/c1-6-7-8-9-10-11-12-13-14-21-27-32-37-42-50(53)56-47(44-55-49(52)41-36-31-26-22-17-19-24-29-34-39-46(4)5)43-54-48(51)40-35-30-25-20-16-15-18-23-28-33-38-45(2)3/h45-47H,6-44H2,1-5H3/t47-/m1/s1. The van der Waals surface area contributed by atoms with Gasteiger partial charge in [-0.05, 0) is 31.1 Å². The number of carbonyl (C=O) groups excluding carboxylic acids is 3. The Morgan fingerprint density at radius 3 is 0.875 bits per heavy atom. The Labute approximate surface area is 348 Å². The highest BCUT2D eigenvalue weighted by Gasteiger charge is 2.19. The molecule has 1 atom stereocenters. The van der Waals surface area contributed by atoms with Crippen LogP contribution in [0.3, 0.4) is 0 Å². The summed E-state index contributed by atoms with van der Waals surface area (Å²) >= 11 is 0. The fourth-order valence-electron chi connectivity index (χ4n) is 7.46. The lowest BCUT2D eigenvalue weighted by atomic mass is 10.0. The molecule has 0 aliphatic rings. The molecule has 0 aliphatic carbocycles. The molecule has 0 bridgehead atoms. The summed E-state index contributed by atoms with van der Waals surface area (Å²) in [6.07, 6.45) is 42.3. The lowest BCUT2D eigenvalue weighted by Crippen LogP contribution is -2.30. The molecule has 0 spiro atoms. The molecule has 0 aromatic carbocycles. The molecule has 0 amide bonds. The molecule has 6 heteroatoms. The van der Waals surface area contributed by atoms with E-state index in [0.29, 0.717) is 19.3 Å². The minimum atomic E-state index is -0.761. The Hall–Kier alpha value is -1.59. The molecule has 6 nitrogen and oxygen atoms in total. The number of unbranched alkanes of at least 4 members (excludes halogenated alkanes) is 29. The van der Waals surface area contributed by atoms with Gasteiger partial charge >= 0.3 is 17.9 Å². The lowest BCUT2D eigenvalue weighted by Gasteiger charge is -2.18. The van der Waals surface area contributed by atoms with Crippen molar-refractivity contribution in [2.75, 3.05) is 13.2 Å². The van der Waals surface area contributed by atoms with Crippen LogP contribution in [0, 0.1) is 11.8 Å². The lowest BCUT2D eigenvalue weighted by molar-refractivity contribution is -0.167. The summed E-state index contributed by atoms with van der Waals surface area (Å²) in [7, 11) is 0. The van der Waals surface area contributed by atoms with E-state index in [1.54, 1.807) is 0 Å². The van der Waals surface area contributed by atoms with Gasteiger partial charge in [-0.15, -0.1) is 0 Å². The van der Waals surface area contributed by atoms with Crippen LogP contribution >= 0.6 is 0 Å². The van der Waals surface area contributed by atoms with Crippen molar-refractivity contribution in [2.45, 2.75) is 278 Å². The first kappa shape index (κ1) is 54.4. The second-order valence-electron chi connectivity index (χ2n) is 18.1. The maximum absolute atomic E-state index is 12.7. The molecule has 0 rings (SSSR count). The van der Waals surface area contributed by atoms with Gasteiger partial charge in [0, 0.05) is 19.3 Å². The van der Waals surface area contributed by atoms with Gasteiger partial charge in [0.05, 0.1) is 0 Å². The third-order valence-electron chi connectivity index (χ3n) is 11.2. The first-order chi connectivity index (χ1) is 27.2. The van der Waals surface area contributed by atoms with Crippen LogP contribution in [0.4, 0.5) is 0 Å². The number of ether oxygens (including phenoxy) is 3. The van der Waals surface area contributed by atoms with Crippen molar-refractivity contribution < 1.29 is 28.6 Å². The van der Waals surface area contributed by atoms with E-state index in [1.165, 1.54) is 161 Å². The van der Waals surface area contributed by atoms with Gasteiger partial charge < -0.3 is 14.2 Å². The van der Waals surface area contributed by atoms with Crippen molar-refractivity contribution in [1.29, 1.82) is 0 Å². The summed E-state index contributed by atoms with van der Waals surface area (Å²) in [6.45, 7) is 11.3. The Morgan fingerprint density at radius 1 is 0.339 bits per heavy atom. The van der Waals surface area contributed by atoms with E-state index >= 15 is 0 Å². The molecule has 0 radical (unpaired) electrons. The van der Waals surface area contributed by atoms with Crippen molar-refractivity contribution in [1.82, 2.24) is 0 Å². The maximum Gasteiger partial charge on any atom is 0.306 e. The predicted octanol–water partition coefficient (Wildman–Crippen LogP) is 15.8. The van der Waals surface area contributed by atoms with Crippen molar-refractivity contribution in [2.24, 2.45) is 11.8 Å². The molecule has 0 aromatic rings. The molecule has 56 heavy (non-hydrogen) atoms. The summed E-state index contributed by atoms with van der Waals surface area (Å²) in [5, 5.41) is 0. The number of hydrogen-bond acceptors (Lipinski definition) is 6. The normalized spacial score (nSPS) is 12.1. The maximum atomic E-state index is 12.7. The zero-order valence-electron chi connectivity index (χ0n) is 38.3. The molecule has 0 N–H and O–H groups in total. The summed E-state index contributed by atoms with van der Waals surface area (Å²) < 4.78 is 16.8. The average molecular weight is 793 g/mol. The van der Waals surface area contributed by atoms with Gasteiger partial charge in [-0.1, -0.05) is 234 Å². The van der Waals surface area contributed by atoms with Gasteiger partial charge in [0.25, 0.3) is 0 Å². The highest BCUT2D eigenvalue weighted by atomic mass is 16.6. The van der Waals surface area contributed by atoms with Crippen LogP contribution in [0.1, 0.15) is 272 Å². The zero-order valence-corrected chi connectivity index (χ0v) is 38.3. The third kappa shape index (κ3) is 43.5. The van der Waals surface area contributed by atoms with Gasteiger partial charge in [0.1, 0.15) is 13.2 Å². The molecule has 0 fully saturated rings. The van der Waals surface area contributed by atoms with Crippen molar-refractivity contribution >= 4 is 17.9 Å². The van der Waals surface area contributed by atoms with Crippen molar-refractivity contribution in [3.05, 3.63) is 0 Å². The van der Waals surface area contributed by atoms with Crippen LogP contribution in [0.5, 0.6) is 0 Å². The summed E-state index contributed by atoms with van der Waals surface area (Å²) in [5.74, 6) is 0.775. The molecule has 332 valence electrons. The second kappa shape index (κ2) is 43.0. The van der Waals surface area contributed by atoms with Gasteiger partial charge in [0.15, 0.2) is 6.10 Å². The topological polar surface area (TPSA) is 78.9 Å². The number of hydrogen-bond donors (Lipinski definition) is 0. The van der Waals surface area contributed by atoms with E-state index in [9.17, 15) is 14.4 Å². The van der Waals surface area contributed by atoms with Gasteiger partial charge in [0.2, 0.25) is 0 Å². The molecular weight excluding hydrogens is 697 g/mol. The largest absolute Gasteiger partial charge is 0.462 e. The van der Waals surface area contributed by atoms with Crippen LogP contribution in [-0.4, -0.2) is 37.2 Å². The van der Waals surface area contributed by atoms with Gasteiger partial charge in [-0.3, -0.25) is 14.4 Å². The van der Waals surface area contributed by atoms with Crippen LogP contribution in [0.2, 0.25) is 0 Å². The summed E-state index contributed by atoms with van der Waals surface area (Å²) in [5.41, 5.74) is 0. The van der Waals surface area contributed by atoms with E-state index in [0.717, 1.165) is 69.6 Å². The van der Waals surface area contributed by atoms with Crippen LogP contribution in [-0.2, 0) is 28.6 Å². The van der Waals surface area contributed by atoms with E-state index in [4.69, 9.17) is 14.2 Å². The van der Waals surface area contributed by atoms with E-state index in [2.05, 4.69) is 34.6 Å². The second-order valence-corrected chi connectivity index (χ2v) is 18.1. The molecule has 0 saturated carbocycles. The van der Waals surface area contributed by atoms with E-state index < -0.39 is 6.10 Å². The first-order valence-corrected chi connectivity index (χ1v) is 24.7. The van der Waals surface area contributed by atoms with Gasteiger partial charge in [-0.2, -0.15) is 0 Å². The fraction of sp³-hybridized carbons (Fsp3) is 0.940. The van der Waals surface area contributed by atoms with Crippen molar-refractivity contribution in [3.63, 3.8) is 0 Å². The third-order valence-corrected chi connectivity index (χ3v) is 11.2. The summed E-state index contributed by atoms with van der Waals surface area (Å²) in [6, 6.07) is 0. The highest BCUT2D eigenvalue weighted by Crippen LogP contribution is 2.17. The number of carbonyl (C=O) groups is 3. The highest BCUT2D eigenvalue weighted by molar-refractivity contribution is 5.71. The Morgan fingerprint density at radius 2 is 0.589 bits per heavy atom. The van der Waals surface area contributed by atoms with Crippen molar-refractivity contribution in [3.8, 4) is 0 Å². The Balaban J connectivity index is 4.33. The number of esters is 3. The fourth-order valence-corrected chi connectivity index (χ4v) is 7.46.